The molecule has 0 bridgehead atoms. The number of hydrogen-bond donors (Lipinski definition) is 0. The smallest absolute Gasteiger partial charge is 0.309 e. The number of rotatable bonds is 3. The molecule has 4 nitrogen and oxygen atoms in total. The maximum atomic E-state index is 13.0. The predicted molar refractivity (Wildman–Crippen MR) is 59.1 cm³/mol. The Hall–Kier alpha value is -1.91. The number of methoxy groups -OCH3 is 1. The van der Waals surface area contributed by atoms with Crippen molar-refractivity contribution in [2.45, 2.75) is 18.9 Å². The lowest BCUT2D eigenvalue weighted by Crippen LogP contribution is -2.15. The Labute approximate surface area is 98.0 Å². The van der Waals surface area contributed by atoms with Gasteiger partial charge >= 0.3 is 5.97 Å². The van der Waals surface area contributed by atoms with Gasteiger partial charge in [-0.05, 0) is 12.1 Å². The highest BCUT2D eigenvalue weighted by Crippen LogP contribution is 2.19. The molecule has 5 heteroatoms. The van der Waals surface area contributed by atoms with Crippen molar-refractivity contribution in [1.82, 2.24) is 0 Å². The number of hydrogen-bond acceptors (Lipinski definition) is 4. The van der Waals surface area contributed by atoms with Crippen molar-refractivity contribution in [1.29, 1.82) is 0 Å². The van der Waals surface area contributed by atoms with E-state index in [9.17, 15) is 9.18 Å². The van der Waals surface area contributed by atoms with Gasteiger partial charge in [-0.2, -0.15) is 0 Å². The highest BCUT2D eigenvalue weighted by molar-refractivity contribution is 6.01. The third-order valence-electron chi connectivity index (χ3n) is 2.51. The second kappa shape index (κ2) is 4.95. The molecule has 0 radical (unpaired) electrons. The molecule has 0 amide bonds. The zero-order valence-corrected chi connectivity index (χ0v) is 9.35. The van der Waals surface area contributed by atoms with Crippen LogP contribution in [0.4, 0.5) is 4.39 Å². The third kappa shape index (κ3) is 2.81. The summed E-state index contributed by atoms with van der Waals surface area (Å²) in [5.41, 5.74) is 1.33. The molecule has 2 rings (SSSR count). The van der Waals surface area contributed by atoms with Gasteiger partial charge in [0.25, 0.3) is 0 Å². The zero-order valence-electron chi connectivity index (χ0n) is 9.35. The lowest BCUT2D eigenvalue weighted by Gasteiger charge is -2.05. The van der Waals surface area contributed by atoms with E-state index in [0.717, 1.165) is 0 Å². The first-order chi connectivity index (χ1) is 8.19. The van der Waals surface area contributed by atoms with Gasteiger partial charge in [-0.1, -0.05) is 17.3 Å². The highest BCUT2D eigenvalue weighted by atomic mass is 19.1. The molecule has 0 aromatic heterocycles. The van der Waals surface area contributed by atoms with Crippen molar-refractivity contribution in [3.63, 3.8) is 0 Å². The summed E-state index contributed by atoms with van der Waals surface area (Å²) in [6, 6.07) is 6.13. The maximum Gasteiger partial charge on any atom is 0.309 e. The normalized spacial score (nSPS) is 18.5. The standard InChI is InChI=1S/C12H12FNO3/c1-16-12(15)7-10-6-11(14-17-10)8-3-2-4-9(13)5-8/h2-5,10H,6-7H2,1H3. The minimum atomic E-state index is -0.342. The van der Waals surface area contributed by atoms with Crippen molar-refractivity contribution in [3.8, 4) is 0 Å². The van der Waals surface area contributed by atoms with Crippen LogP contribution in [0.1, 0.15) is 18.4 Å². The van der Waals surface area contributed by atoms with Crippen LogP contribution in [-0.4, -0.2) is 24.9 Å². The van der Waals surface area contributed by atoms with E-state index in [1.807, 2.05) is 0 Å². The van der Waals surface area contributed by atoms with E-state index >= 15 is 0 Å². The van der Waals surface area contributed by atoms with Crippen LogP contribution in [-0.2, 0) is 14.4 Å². The Kier molecular flexibility index (Phi) is 3.37. The Bertz CT molecular complexity index is 459. The summed E-state index contributed by atoms with van der Waals surface area (Å²) in [6.07, 6.45) is 0.317. The third-order valence-corrected chi connectivity index (χ3v) is 2.51. The van der Waals surface area contributed by atoms with Crippen molar-refractivity contribution in [3.05, 3.63) is 35.6 Å². The van der Waals surface area contributed by atoms with Crippen molar-refractivity contribution in [2.24, 2.45) is 5.16 Å². The Morgan fingerprint density at radius 1 is 1.65 bits per heavy atom. The minimum Gasteiger partial charge on any atom is -0.469 e. The van der Waals surface area contributed by atoms with Crippen LogP contribution >= 0.6 is 0 Å². The van der Waals surface area contributed by atoms with Gasteiger partial charge in [0, 0.05) is 12.0 Å². The van der Waals surface area contributed by atoms with Crippen LogP contribution in [0.3, 0.4) is 0 Å². The van der Waals surface area contributed by atoms with E-state index in [1.54, 1.807) is 12.1 Å². The number of nitrogens with zero attached hydrogens (tertiary/aromatic N) is 1. The molecule has 17 heavy (non-hydrogen) atoms. The lowest BCUT2D eigenvalue weighted by molar-refractivity contribution is -0.143. The molecule has 0 spiro atoms. The number of benzene rings is 1. The second-order valence-corrected chi connectivity index (χ2v) is 3.76. The summed E-state index contributed by atoms with van der Waals surface area (Å²) in [5.74, 6) is -0.660. The molecule has 1 unspecified atom stereocenters. The molecule has 90 valence electrons. The summed E-state index contributed by atoms with van der Waals surface area (Å²) < 4.78 is 17.6. The Balaban J connectivity index is 2.00. The van der Waals surface area contributed by atoms with E-state index < -0.39 is 0 Å². The van der Waals surface area contributed by atoms with Crippen molar-refractivity contribution < 1.29 is 18.8 Å². The van der Waals surface area contributed by atoms with Crippen LogP contribution in [0, 0.1) is 5.82 Å². The number of carbonyl (C=O) groups excluding carboxylic acids is 1. The molecule has 1 aromatic carbocycles. The number of halogens is 1. The molecule has 1 aliphatic rings. The number of ether oxygens (including phenoxy) is 1. The summed E-state index contributed by atoms with van der Waals surface area (Å²) in [7, 11) is 1.33. The maximum absolute atomic E-state index is 13.0. The van der Waals surface area contributed by atoms with Crippen LogP contribution in [0.2, 0.25) is 0 Å². The van der Waals surface area contributed by atoms with Crippen LogP contribution in [0.5, 0.6) is 0 Å². The van der Waals surface area contributed by atoms with E-state index in [-0.39, 0.29) is 24.3 Å². The number of oxime groups is 1. The van der Waals surface area contributed by atoms with E-state index in [0.29, 0.717) is 17.7 Å². The predicted octanol–water partition coefficient (Wildman–Crippen LogP) is 1.88. The first kappa shape index (κ1) is 11.6. The zero-order chi connectivity index (χ0) is 12.3. The van der Waals surface area contributed by atoms with Crippen molar-refractivity contribution in [2.75, 3.05) is 7.11 Å². The Morgan fingerprint density at radius 3 is 3.18 bits per heavy atom. The average Bonchev–Trinajstić information content (AvgIpc) is 2.77. The van der Waals surface area contributed by atoms with Gasteiger partial charge < -0.3 is 9.57 Å². The van der Waals surface area contributed by atoms with Gasteiger partial charge in [-0.3, -0.25) is 4.79 Å². The quantitative estimate of drug-likeness (QED) is 0.754. The van der Waals surface area contributed by atoms with Gasteiger partial charge in [-0.15, -0.1) is 0 Å². The Morgan fingerprint density at radius 2 is 2.47 bits per heavy atom. The fourth-order valence-electron chi connectivity index (χ4n) is 1.65. The van der Waals surface area contributed by atoms with Gasteiger partial charge in [0.2, 0.25) is 0 Å². The molecule has 0 N–H and O–H groups in total. The largest absolute Gasteiger partial charge is 0.469 e. The van der Waals surface area contributed by atoms with Gasteiger partial charge in [0.05, 0.1) is 19.2 Å². The molecular formula is C12H12FNO3. The van der Waals surface area contributed by atoms with Gasteiger partial charge in [0.15, 0.2) is 0 Å². The van der Waals surface area contributed by atoms with Crippen LogP contribution < -0.4 is 0 Å². The number of carbonyl (C=O) groups is 1. The first-order valence-electron chi connectivity index (χ1n) is 5.24. The summed E-state index contributed by atoms with van der Waals surface area (Å²) in [4.78, 5) is 16.1. The molecule has 1 heterocycles. The molecule has 1 atom stereocenters. The SMILES string of the molecule is COC(=O)CC1CC(c2cccc(F)c2)=NO1. The molecular weight excluding hydrogens is 225 g/mol. The minimum absolute atomic E-state index is 0.152. The summed E-state index contributed by atoms with van der Waals surface area (Å²) in [5, 5.41) is 3.86. The first-order valence-corrected chi connectivity index (χ1v) is 5.24. The molecule has 0 fully saturated rings. The average molecular weight is 237 g/mol. The van der Waals surface area contributed by atoms with E-state index in [1.165, 1.54) is 19.2 Å². The molecule has 0 saturated carbocycles. The molecule has 0 aliphatic carbocycles. The van der Waals surface area contributed by atoms with Crippen LogP contribution in [0.15, 0.2) is 29.4 Å². The molecule has 1 aromatic rings. The fraction of sp³-hybridized carbons (Fsp3) is 0.333. The summed E-state index contributed by atoms with van der Waals surface area (Å²) >= 11 is 0. The van der Waals surface area contributed by atoms with Gasteiger partial charge in [0.1, 0.15) is 11.9 Å². The lowest BCUT2D eigenvalue weighted by atomic mass is 10.0. The van der Waals surface area contributed by atoms with Crippen molar-refractivity contribution >= 4 is 11.7 Å². The molecule has 0 saturated heterocycles. The topological polar surface area (TPSA) is 47.9 Å². The highest BCUT2D eigenvalue weighted by Gasteiger charge is 2.25. The summed E-state index contributed by atoms with van der Waals surface area (Å²) in [6.45, 7) is 0. The second-order valence-electron chi connectivity index (χ2n) is 3.76. The number of esters is 1. The fourth-order valence-corrected chi connectivity index (χ4v) is 1.65. The monoisotopic (exact) mass is 237 g/mol. The van der Waals surface area contributed by atoms with E-state index in [2.05, 4.69) is 9.89 Å². The molecule has 1 aliphatic heterocycles. The van der Waals surface area contributed by atoms with E-state index in [4.69, 9.17) is 4.84 Å². The van der Waals surface area contributed by atoms with Gasteiger partial charge in [-0.25, -0.2) is 4.39 Å². The van der Waals surface area contributed by atoms with Crippen LogP contribution in [0.25, 0.3) is 0 Å².